The Morgan fingerprint density at radius 1 is 0.365 bits per heavy atom. The summed E-state index contributed by atoms with van der Waals surface area (Å²) in [5.74, 6) is 0. The van der Waals surface area contributed by atoms with Crippen LogP contribution in [0.2, 0.25) is 0 Å². The number of aromatic nitrogens is 4. The summed E-state index contributed by atoms with van der Waals surface area (Å²) in [4.78, 5) is 18.8. The standard InChI is InChI=1S/C48H38N4/c1-3-35-36(4-2)48-46(34-23-15-8-16-24-34)42-30-28-40(51-42)44(32-19-11-6-12-20-32)38-26-25-37(49-38)43(31-17-9-5-10-18-31)39-27-29-41(50-39)45(47(35)52-48)33-21-13-7-14-22-33/h5-30,49,52H,3-4H2,1-2H3. The molecule has 4 aromatic carbocycles. The van der Waals surface area contributed by atoms with Gasteiger partial charge in [0.25, 0.3) is 0 Å². The lowest BCUT2D eigenvalue weighted by Crippen LogP contribution is -1.91. The zero-order chi connectivity index (χ0) is 35.0. The monoisotopic (exact) mass is 670 g/mol. The van der Waals surface area contributed by atoms with E-state index >= 15 is 0 Å². The molecule has 2 aliphatic heterocycles. The van der Waals surface area contributed by atoms with Crippen LogP contribution >= 0.6 is 0 Å². The zero-order valence-corrected chi connectivity index (χ0v) is 29.3. The van der Waals surface area contributed by atoms with E-state index in [2.05, 4.69) is 182 Å². The minimum Gasteiger partial charge on any atom is -0.354 e. The number of aryl methyl sites for hydroxylation is 2. The maximum Gasteiger partial charge on any atom is 0.0737 e. The predicted octanol–water partition coefficient (Wildman–Crippen LogP) is 12.4. The molecular weight excluding hydrogens is 633 g/mol. The van der Waals surface area contributed by atoms with Gasteiger partial charge in [-0.05, 0) is 82.7 Å². The van der Waals surface area contributed by atoms with Crippen molar-refractivity contribution >= 4 is 46.4 Å². The van der Waals surface area contributed by atoms with Crippen molar-refractivity contribution in [1.29, 1.82) is 0 Å². The van der Waals surface area contributed by atoms with E-state index in [1.807, 2.05) is 0 Å². The second-order valence-electron chi connectivity index (χ2n) is 13.2. The Kier molecular flexibility index (Phi) is 8.05. The van der Waals surface area contributed by atoms with E-state index in [-0.39, 0.29) is 0 Å². The molecule has 5 heterocycles. The van der Waals surface area contributed by atoms with Crippen molar-refractivity contribution in [2.24, 2.45) is 0 Å². The molecule has 0 radical (unpaired) electrons. The van der Waals surface area contributed by atoms with Gasteiger partial charge in [-0.15, -0.1) is 0 Å². The van der Waals surface area contributed by atoms with Crippen LogP contribution in [0.25, 0.3) is 90.9 Å². The van der Waals surface area contributed by atoms with E-state index in [4.69, 9.17) is 9.97 Å². The van der Waals surface area contributed by atoms with Gasteiger partial charge < -0.3 is 9.97 Å². The van der Waals surface area contributed by atoms with Gasteiger partial charge in [0.2, 0.25) is 0 Å². The first-order chi connectivity index (χ1) is 25.7. The molecule has 0 saturated heterocycles. The largest absolute Gasteiger partial charge is 0.354 e. The van der Waals surface area contributed by atoms with Crippen LogP contribution in [0.15, 0.2) is 133 Å². The lowest BCUT2D eigenvalue weighted by Gasteiger charge is -2.07. The van der Waals surface area contributed by atoms with Crippen molar-refractivity contribution in [3.8, 4) is 44.5 Å². The van der Waals surface area contributed by atoms with Crippen LogP contribution in [0.3, 0.4) is 0 Å². The van der Waals surface area contributed by atoms with Crippen molar-refractivity contribution in [3.05, 3.63) is 167 Å². The van der Waals surface area contributed by atoms with Crippen molar-refractivity contribution in [3.63, 3.8) is 0 Å². The maximum atomic E-state index is 5.48. The number of nitrogens with zero attached hydrogens (tertiary/aromatic N) is 2. The van der Waals surface area contributed by atoms with Crippen LogP contribution in [-0.2, 0) is 12.8 Å². The van der Waals surface area contributed by atoms with Gasteiger partial charge >= 0.3 is 0 Å². The third-order valence-corrected chi connectivity index (χ3v) is 10.2. The fraction of sp³-hybridized carbons (Fsp3) is 0.0833. The van der Waals surface area contributed by atoms with E-state index in [9.17, 15) is 0 Å². The lowest BCUT2D eigenvalue weighted by atomic mass is 9.96. The molecular formula is C48H38N4. The molecule has 7 aromatic rings. The molecule has 4 nitrogen and oxygen atoms in total. The Labute approximate surface area is 303 Å². The lowest BCUT2D eigenvalue weighted by molar-refractivity contribution is 1.07. The Bertz CT molecular complexity index is 2480. The van der Waals surface area contributed by atoms with Gasteiger partial charge in [0, 0.05) is 33.3 Å². The molecule has 0 unspecified atom stereocenters. The Balaban J connectivity index is 1.55. The van der Waals surface area contributed by atoms with E-state index in [0.717, 1.165) is 102 Å². The number of aromatic amines is 2. The van der Waals surface area contributed by atoms with Crippen LogP contribution in [0, 0.1) is 0 Å². The molecule has 0 aliphatic carbocycles. The first-order valence-electron chi connectivity index (χ1n) is 18.1. The van der Waals surface area contributed by atoms with E-state index in [1.54, 1.807) is 0 Å². The third kappa shape index (κ3) is 5.41. The smallest absolute Gasteiger partial charge is 0.0737 e. The van der Waals surface area contributed by atoms with Crippen molar-refractivity contribution in [1.82, 2.24) is 19.9 Å². The van der Waals surface area contributed by atoms with Crippen LogP contribution in [-0.4, -0.2) is 19.9 Å². The molecule has 0 saturated carbocycles. The molecule has 0 spiro atoms. The SMILES string of the molecule is CCc1c(CC)c2[nH]c1c(-c1ccccc1)c1nc(c(-c3ccccc3)c3ccc([nH]3)c(-c3ccccc3)c3nc(c2-c2ccccc2)C=C3)C=C1. The quantitative estimate of drug-likeness (QED) is 0.185. The highest BCUT2D eigenvalue weighted by Gasteiger charge is 2.22. The van der Waals surface area contributed by atoms with Crippen molar-refractivity contribution < 1.29 is 0 Å². The third-order valence-electron chi connectivity index (χ3n) is 10.2. The molecule has 8 bridgehead atoms. The van der Waals surface area contributed by atoms with Crippen molar-refractivity contribution in [2.45, 2.75) is 26.7 Å². The number of rotatable bonds is 6. The summed E-state index contributed by atoms with van der Waals surface area (Å²) in [6, 6.07) is 46.9. The molecule has 9 rings (SSSR count). The molecule has 4 heteroatoms. The Hall–Kier alpha value is -6.52. The molecule has 0 fully saturated rings. The number of H-pyrrole nitrogens is 2. The first-order valence-corrected chi connectivity index (χ1v) is 18.1. The number of hydrogen-bond donors (Lipinski definition) is 2. The Morgan fingerprint density at radius 3 is 1.00 bits per heavy atom. The summed E-state index contributed by atoms with van der Waals surface area (Å²) < 4.78 is 0. The van der Waals surface area contributed by atoms with Gasteiger partial charge in [-0.1, -0.05) is 135 Å². The summed E-state index contributed by atoms with van der Waals surface area (Å²) in [6.07, 6.45) is 10.5. The van der Waals surface area contributed by atoms with Crippen LogP contribution in [0.4, 0.5) is 0 Å². The van der Waals surface area contributed by atoms with Gasteiger partial charge in [-0.25, -0.2) is 9.97 Å². The van der Waals surface area contributed by atoms with E-state index < -0.39 is 0 Å². The van der Waals surface area contributed by atoms with Crippen LogP contribution in [0.1, 0.15) is 47.8 Å². The molecule has 0 atom stereocenters. The summed E-state index contributed by atoms with van der Waals surface area (Å²) in [5.41, 5.74) is 19.3. The molecule has 2 N–H and O–H groups in total. The highest BCUT2D eigenvalue weighted by molar-refractivity contribution is 6.01. The number of fused-ring (bicyclic) bond motifs is 8. The van der Waals surface area contributed by atoms with Gasteiger partial charge in [0.1, 0.15) is 0 Å². The van der Waals surface area contributed by atoms with E-state index in [1.165, 1.54) is 11.1 Å². The summed E-state index contributed by atoms with van der Waals surface area (Å²) in [5, 5.41) is 0. The minimum absolute atomic E-state index is 0.874. The molecule has 3 aromatic heterocycles. The average Bonchev–Trinajstić information content (AvgIpc) is 4.03. The van der Waals surface area contributed by atoms with Gasteiger partial charge in [0.15, 0.2) is 0 Å². The molecule has 0 amide bonds. The number of nitrogens with one attached hydrogen (secondary N) is 2. The number of hydrogen-bond acceptors (Lipinski definition) is 2. The van der Waals surface area contributed by atoms with Crippen LogP contribution in [0.5, 0.6) is 0 Å². The van der Waals surface area contributed by atoms with Gasteiger partial charge in [-0.3, -0.25) is 0 Å². The number of benzene rings is 4. The fourth-order valence-corrected chi connectivity index (χ4v) is 7.90. The van der Waals surface area contributed by atoms with Gasteiger partial charge in [-0.2, -0.15) is 0 Å². The summed E-state index contributed by atoms with van der Waals surface area (Å²) in [6.45, 7) is 4.52. The minimum atomic E-state index is 0.874. The second kappa shape index (κ2) is 13.3. The molecule has 2 aliphatic rings. The molecule has 52 heavy (non-hydrogen) atoms. The highest BCUT2D eigenvalue weighted by Crippen LogP contribution is 2.41. The zero-order valence-electron chi connectivity index (χ0n) is 29.3. The molecule has 250 valence electrons. The predicted molar refractivity (Wildman–Crippen MR) is 219 cm³/mol. The maximum absolute atomic E-state index is 5.48. The van der Waals surface area contributed by atoms with Gasteiger partial charge in [0.05, 0.1) is 33.8 Å². The Morgan fingerprint density at radius 2 is 0.673 bits per heavy atom. The summed E-state index contributed by atoms with van der Waals surface area (Å²) in [7, 11) is 0. The normalized spacial score (nSPS) is 12.0. The van der Waals surface area contributed by atoms with Crippen LogP contribution < -0.4 is 0 Å². The first kappa shape index (κ1) is 31.5. The average molecular weight is 671 g/mol. The summed E-state index contributed by atoms with van der Waals surface area (Å²) >= 11 is 0. The highest BCUT2D eigenvalue weighted by atomic mass is 14.8. The second-order valence-corrected chi connectivity index (χ2v) is 13.2. The fourth-order valence-electron chi connectivity index (χ4n) is 7.90. The topological polar surface area (TPSA) is 57.4 Å². The van der Waals surface area contributed by atoms with E-state index in [0.29, 0.717) is 0 Å². The van der Waals surface area contributed by atoms with Crippen molar-refractivity contribution in [2.75, 3.05) is 0 Å².